The molecular weight excluding hydrogens is 378 g/mol. The maximum atomic E-state index is 12.3. The summed E-state index contributed by atoms with van der Waals surface area (Å²) in [5.74, 6) is -0.539. The molecule has 2 aromatic rings. The smallest absolute Gasteiger partial charge is 0.406 e. The maximum absolute atomic E-state index is 12.3. The van der Waals surface area contributed by atoms with Crippen molar-refractivity contribution in [1.29, 1.82) is 0 Å². The molecule has 0 unspecified atom stereocenters. The van der Waals surface area contributed by atoms with E-state index < -0.39 is 6.36 Å². The molecule has 0 radical (unpaired) electrons. The van der Waals surface area contributed by atoms with Crippen LogP contribution >= 0.6 is 23.2 Å². The molecule has 1 amide bonds. The Balaban J connectivity index is 1.98. The largest absolute Gasteiger partial charge is 0.573 e. The number of ether oxygens (including phenoxy) is 1. The highest BCUT2D eigenvalue weighted by Crippen LogP contribution is 2.26. The Morgan fingerprint density at radius 3 is 2.36 bits per heavy atom. The van der Waals surface area contributed by atoms with Gasteiger partial charge in [-0.2, -0.15) is 0 Å². The highest BCUT2D eigenvalue weighted by Gasteiger charge is 2.31. The van der Waals surface area contributed by atoms with Crippen molar-refractivity contribution in [3.8, 4) is 5.75 Å². The SMILES string of the molecule is CN(Cc1cccc(Cl)c1Cl)C(=O)Cc1ccc(OC(F)(F)F)cc1. The van der Waals surface area contributed by atoms with Crippen molar-refractivity contribution in [3.63, 3.8) is 0 Å². The molecule has 3 nitrogen and oxygen atoms in total. The van der Waals surface area contributed by atoms with Gasteiger partial charge < -0.3 is 9.64 Å². The molecule has 0 saturated carbocycles. The van der Waals surface area contributed by atoms with Crippen molar-refractivity contribution in [1.82, 2.24) is 4.90 Å². The van der Waals surface area contributed by atoms with Crippen LogP contribution in [-0.2, 0) is 17.8 Å². The fourth-order valence-corrected chi connectivity index (χ4v) is 2.51. The van der Waals surface area contributed by atoms with E-state index in [0.29, 0.717) is 21.2 Å². The molecule has 0 N–H and O–H groups in total. The van der Waals surface area contributed by atoms with E-state index in [1.165, 1.54) is 29.2 Å². The van der Waals surface area contributed by atoms with E-state index in [0.717, 1.165) is 0 Å². The lowest BCUT2D eigenvalue weighted by Gasteiger charge is -2.18. The molecule has 0 aliphatic heterocycles. The molecule has 25 heavy (non-hydrogen) atoms. The molecule has 0 aliphatic carbocycles. The zero-order chi connectivity index (χ0) is 18.6. The third kappa shape index (κ3) is 5.83. The lowest BCUT2D eigenvalue weighted by Crippen LogP contribution is -2.27. The van der Waals surface area contributed by atoms with Crippen LogP contribution in [0.5, 0.6) is 5.75 Å². The summed E-state index contributed by atoms with van der Waals surface area (Å²) in [6.07, 6.45) is -4.70. The van der Waals surface area contributed by atoms with E-state index >= 15 is 0 Å². The van der Waals surface area contributed by atoms with Gasteiger partial charge in [-0.15, -0.1) is 13.2 Å². The molecule has 0 saturated heterocycles. The summed E-state index contributed by atoms with van der Waals surface area (Å²) >= 11 is 12.0. The van der Waals surface area contributed by atoms with E-state index in [9.17, 15) is 18.0 Å². The van der Waals surface area contributed by atoms with Crippen LogP contribution < -0.4 is 4.74 Å². The van der Waals surface area contributed by atoms with Crippen LogP contribution in [0, 0.1) is 0 Å². The van der Waals surface area contributed by atoms with Gasteiger partial charge in [-0.3, -0.25) is 4.79 Å². The first-order valence-corrected chi connectivity index (χ1v) is 7.93. The molecule has 0 spiro atoms. The van der Waals surface area contributed by atoms with Gasteiger partial charge in [0.15, 0.2) is 0 Å². The predicted molar refractivity (Wildman–Crippen MR) is 89.8 cm³/mol. The summed E-state index contributed by atoms with van der Waals surface area (Å²) in [7, 11) is 1.61. The highest BCUT2D eigenvalue weighted by molar-refractivity contribution is 6.42. The molecule has 0 heterocycles. The van der Waals surface area contributed by atoms with Gasteiger partial charge in [0, 0.05) is 13.6 Å². The topological polar surface area (TPSA) is 29.5 Å². The number of carbonyl (C=O) groups is 1. The average molecular weight is 392 g/mol. The number of nitrogens with zero attached hydrogens (tertiary/aromatic N) is 1. The van der Waals surface area contributed by atoms with Crippen molar-refractivity contribution in [2.45, 2.75) is 19.3 Å². The Morgan fingerprint density at radius 1 is 1.12 bits per heavy atom. The van der Waals surface area contributed by atoms with Gasteiger partial charge in [0.25, 0.3) is 0 Å². The normalized spacial score (nSPS) is 11.3. The summed E-state index contributed by atoms with van der Waals surface area (Å²) in [6, 6.07) is 10.3. The zero-order valence-electron chi connectivity index (χ0n) is 13.1. The van der Waals surface area contributed by atoms with Crippen LogP contribution in [0.15, 0.2) is 42.5 Å². The molecule has 134 valence electrons. The second-order valence-electron chi connectivity index (χ2n) is 5.33. The molecule has 0 fully saturated rings. The number of hydrogen-bond donors (Lipinski definition) is 0. The average Bonchev–Trinajstić information content (AvgIpc) is 2.52. The first-order chi connectivity index (χ1) is 11.7. The van der Waals surface area contributed by atoms with Crippen molar-refractivity contribution in [2.75, 3.05) is 7.05 Å². The van der Waals surface area contributed by atoms with E-state index in [2.05, 4.69) is 4.74 Å². The van der Waals surface area contributed by atoms with Crippen LogP contribution in [-0.4, -0.2) is 24.2 Å². The molecular formula is C17H14Cl2F3NO2. The number of rotatable bonds is 5. The van der Waals surface area contributed by atoms with Gasteiger partial charge in [-0.25, -0.2) is 0 Å². The summed E-state index contributed by atoms with van der Waals surface area (Å²) < 4.78 is 40.2. The van der Waals surface area contributed by atoms with Crippen molar-refractivity contribution in [3.05, 3.63) is 63.6 Å². The minimum atomic E-state index is -4.74. The molecule has 2 rings (SSSR count). The Kier molecular flexibility index (Phi) is 6.19. The number of hydrogen-bond acceptors (Lipinski definition) is 2. The number of benzene rings is 2. The number of halogens is 5. The number of alkyl halides is 3. The first-order valence-electron chi connectivity index (χ1n) is 7.17. The third-order valence-corrected chi connectivity index (χ3v) is 4.24. The minimum absolute atomic E-state index is 0.0426. The van der Waals surface area contributed by atoms with E-state index in [4.69, 9.17) is 23.2 Å². The zero-order valence-corrected chi connectivity index (χ0v) is 14.6. The van der Waals surface area contributed by atoms with Crippen LogP contribution in [0.25, 0.3) is 0 Å². The molecule has 0 aromatic heterocycles. The van der Waals surface area contributed by atoms with E-state index in [1.807, 2.05) is 0 Å². The second-order valence-corrected chi connectivity index (χ2v) is 6.12. The summed E-state index contributed by atoms with van der Waals surface area (Å²) in [5.41, 5.74) is 1.28. The van der Waals surface area contributed by atoms with Gasteiger partial charge in [0.2, 0.25) is 5.91 Å². The summed E-state index contributed by atoms with van der Waals surface area (Å²) in [5, 5.41) is 0.790. The Morgan fingerprint density at radius 2 is 1.76 bits per heavy atom. The van der Waals surface area contributed by atoms with Crippen LogP contribution in [0.1, 0.15) is 11.1 Å². The van der Waals surface area contributed by atoms with Gasteiger partial charge in [-0.05, 0) is 29.3 Å². The van der Waals surface area contributed by atoms with Gasteiger partial charge in [-0.1, -0.05) is 47.5 Å². The molecule has 0 aliphatic rings. The maximum Gasteiger partial charge on any atom is 0.573 e. The fourth-order valence-electron chi connectivity index (χ4n) is 2.13. The van der Waals surface area contributed by atoms with E-state index in [-0.39, 0.29) is 24.6 Å². The van der Waals surface area contributed by atoms with Gasteiger partial charge >= 0.3 is 6.36 Å². The predicted octanol–water partition coefficient (Wildman–Crippen LogP) is 5.09. The van der Waals surface area contributed by atoms with Crippen molar-refractivity contribution < 1.29 is 22.7 Å². The van der Waals surface area contributed by atoms with Crippen LogP contribution in [0.3, 0.4) is 0 Å². The van der Waals surface area contributed by atoms with Crippen LogP contribution in [0.2, 0.25) is 10.0 Å². The van der Waals surface area contributed by atoms with Crippen LogP contribution in [0.4, 0.5) is 13.2 Å². The lowest BCUT2D eigenvalue weighted by molar-refractivity contribution is -0.274. The fraction of sp³-hybridized carbons (Fsp3) is 0.235. The van der Waals surface area contributed by atoms with Crippen molar-refractivity contribution >= 4 is 29.1 Å². The summed E-state index contributed by atoms with van der Waals surface area (Å²) in [6.45, 7) is 0.271. The third-order valence-electron chi connectivity index (χ3n) is 3.38. The quantitative estimate of drug-likeness (QED) is 0.709. The molecule has 0 atom stereocenters. The Hall–Kier alpha value is -1.92. The van der Waals surface area contributed by atoms with E-state index in [1.54, 1.807) is 25.2 Å². The second kappa shape index (κ2) is 7.97. The number of carbonyl (C=O) groups excluding carboxylic acids is 1. The molecule has 0 bridgehead atoms. The van der Waals surface area contributed by atoms with Gasteiger partial charge in [0.05, 0.1) is 16.5 Å². The molecule has 8 heteroatoms. The lowest BCUT2D eigenvalue weighted by atomic mass is 10.1. The minimum Gasteiger partial charge on any atom is -0.406 e. The summed E-state index contributed by atoms with van der Waals surface area (Å²) in [4.78, 5) is 13.7. The first kappa shape index (κ1) is 19.4. The van der Waals surface area contributed by atoms with Gasteiger partial charge in [0.1, 0.15) is 5.75 Å². The molecule has 2 aromatic carbocycles. The van der Waals surface area contributed by atoms with Crippen molar-refractivity contribution in [2.24, 2.45) is 0 Å². The number of amides is 1. The Bertz CT molecular complexity index is 749. The standard InChI is InChI=1S/C17H14Cl2F3NO2/c1-23(10-12-3-2-4-14(18)16(12)19)15(24)9-11-5-7-13(8-6-11)25-17(20,21)22/h2-8H,9-10H2,1H3. The Labute approximate surface area is 152 Å². The highest BCUT2D eigenvalue weighted by atomic mass is 35.5. The number of likely N-dealkylation sites (N-methyl/N-ethyl adjacent to an activating group) is 1. The monoisotopic (exact) mass is 391 g/mol.